The normalized spacial score (nSPS) is 9.68. The van der Waals surface area contributed by atoms with Gasteiger partial charge in [-0.05, 0) is 31.3 Å². The smallest absolute Gasteiger partial charge is 0.171 e. The minimum absolute atomic E-state index is 0.408. The highest BCUT2D eigenvalue weighted by Gasteiger charge is 2.13. The van der Waals surface area contributed by atoms with Gasteiger partial charge in [0.2, 0.25) is 0 Å². The van der Waals surface area contributed by atoms with E-state index in [0.29, 0.717) is 28.9 Å². The van der Waals surface area contributed by atoms with Crippen molar-refractivity contribution in [2.45, 2.75) is 6.92 Å². The van der Waals surface area contributed by atoms with Gasteiger partial charge in [0.15, 0.2) is 16.7 Å². The van der Waals surface area contributed by atoms with Crippen molar-refractivity contribution >= 4 is 23.1 Å². The summed E-state index contributed by atoms with van der Waals surface area (Å²) in [6.45, 7) is 2.64. The zero-order valence-corrected chi connectivity index (χ0v) is 11.1. The molecule has 0 radical (unpaired) electrons. The Labute approximate surface area is 116 Å². The van der Waals surface area contributed by atoms with Gasteiger partial charge in [-0.2, -0.15) is 15.0 Å². The molecule has 0 aromatic carbocycles. The maximum atomic E-state index is 9.09. The molecule has 0 fully saturated rings. The van der Waals surface area contributed by atoms with Crippen molar-refractivity contribution in [1.29, 1.82) is 5.26 Å². The van der Waals surface area contributed by atoms with E-state index in [1.54, 1.807) is 16.9 Å². The SMILES string of the molecule is CCNC(=S)Nc1c(C#N)cnn1-c1ccccn1. The maximum absolute atomic E-state index is 9.09. The second kappa shape index (κ2) is 5.93. The van der Waals surface area contributed by atoms with Crippen LogP contribution >= 0.6 is 12.2 Å². The molecule has 0 saturated heterocycles. The summed E-state index contributed by atoms with van der Waals surface area (Å²) in [5, 5.41) is 19.6. The first-order valence-electron chi connectivity index (χ1n) is 5.70. The van der Waals surface area contributed by atoms with Gasteiger partial charge < -0.3 is 10.6 Å². The minimum Gasteiger partial charge on any atom is -0.363 e. The number of nitrogens with zero attached hydrogens (tertiary/aromatic N) is 4. The lowest BCUT2D eigenvalue weighted by atomic mass is 10.3. The average Bonchev–Trinajstić information content (AvgIpc) is 2.82. The Kier molecular flexibility index (Phi) is 4.05. The van der Waals surface area contributed by atoms with Crippen molar-refractivity contribution in [2.75, 3.05) is 11.9 Å². The van der Waals surface area contributed by atoms with E-state index in [0.717, 1.165) is 0 Å². The molecule has 2 heterocycles. The highest BCUT2D eigenvalue weighted by molar-refractivity contribution is 7.80. The van der Waals surface area contributed by atoms with Gasteiger partial charge in [-0.15, -0.1) is 0 Å². The lowest BCUT2D eigenvalue weighted by molar-refractivity contribution is 0.853. The van der Waals surface area contributed by atoms with Gasteiger partial charge in [-0.25, -0.2) is 4.98 Å². The summed E-state index contributed by atoms with van der Waals surface area (Å²) < 4.78 is 1.54. The Balaban J connectivity index is 2.38. The van der Waals surface area contributed by atoms with Crippen LogP contribution in [0.5, 0.6) is 0 Å². The number of hydrogen-bond acceptors (Lipinski definition) is 4. The summed E-state index contributed by atoms with van der Waals surface area (Å²) in [6.07, 6.45) is 3.14. The van der Waals surface area contributed by atoms with Crippen molar-refractivity contribution in [3.05, 3.63) is 36.2 Å². The van der Waals surface area contributed by atoms with Gasteiger partial charge in [0.25, 0.3) is 0 Å². The van der Waals surface area contributed by atoms with Crippen LogP contribution in [0.15, 0.2) is 30.6 Å². The molecule has 0 bridgehead atoms. The number of hydrogen-bond donors (Lipinski definition) is 2. The fourth-order valence-corrected chi connectivity index (χ4v) is 1.76. The fraction of sp³-hybridized carbons (Fsp3) is 0.167. The predicted molar refractivity (Wildman–Crippen MR) is 76.0 cm³/mol. The first kappa shape index (κ1) is 13.0. The molecule has 0 atom stereocenters. The third kappa shape index (κ3) is 2.86. The standard InChI is InChI=1S/C12H12N6S/c1-2-14-12(19)17-11-9(7-13)8-16-18(11)10-5-3-4-6-15-10/h3-6,8H,2H2,1H3,(H2,14,17,19). The number of rotatable bonds is 3. The molecule has 96 valence electrons. The van der Waals surface area contributed by atoms with Gasteiger partial charge in [0, 0.05) is 12.7 Å². The van der Waals surface area contributed by atoms with Crippen LogP contribution in [0.3, 0.4) is 0 Å². The number of aromatic nitrogens is 3. The zero-order chi connectivity index (χ0) is 13.7. The number of nitriles is 1. The Bertz CT molecular complexity index is 613. The van der Waals surface area contributed by atoms with Crippen molar-refractivity contribution in [3.8, 4) is 11.9 Å². The topological polar surface area (TPSA) is 78.6 Å². The molecule has 6 nitrogen and oxygen atoms in total. The number of thiocarbonyl (C=S) groups is 1. The zero-order valence-electron chi connectivity index (χ0n) is 10.3. The first-order chi connectivity index (χ1) is 9.26. The Morgan fingerprint density at radius 2 is 2.37 bits per heavy atom. The van der Waals surface area contributed by atoms with E-state index in [1.807, 2.05) is 19.1 Å². The van der Waals surface area contributed by atoms with Crippen molar-refractivity contribution in [3.63, 3.8) is 0 Å². The van der Waals surface area contributed by atoms with E-state index in [9.17, 15) is 0 Å². The van der Waals surface area contributed by atoms with Crippen LogP contribution < -0.4 is 10.6 Å². The van der Waals surface area contributed by atoms with Gasteiger partial charge >= 0.3 is 0 Å². The van der Waals surface area contributed by atoms with Crippen molar-refractivity contribution < 1.29 is 0 Å². The fourth-order valence-electron chi connectivity index (χ4n) is 1.52. The van der Waals surface area contributed by atoms with Crippen LogP contribution in [0.1, 0.15) is 12.5 Å². The summed E-state index contributed by atoms with van der Waals surface area (Å²) in [6, 6.07) is 7.54. The van der Waals surface area contributed by atoms with E-state index in [1.165, 1.54) is 6.20 Å². The van der Waals surface area contributed by atoms with Crippen LogP contribution in [0, 0.1) is 11.3 Å². The quantitative estimate of drug-likeness (QED) is 0.823. The monoisotopic (exact) mass is 272 g/mol. The molecule has 2 N–H and O–H groups in total. The molecule has 7 heteroatoms. The van der Waals surface area contributed by atoms with Gasteiger partial charge in [-0.3, -0.25) is 0 Å². The molecule has 0 aliphatic heterocycles. The van der Waals surface area contributed by atoms with Crippen LogP contribution in [0.4, 0.5) is 5.82 Å². The third-order valence-corrected chi connectivity index (χ3v) is 2.57. The second-order valence-electron chi connectivity index (χ2n) is 3.60. The van der Waals surface area contributed by atoms with E-state index in [2.05, 4.69) is 26.8 Å². The summed E-state index contributed by atoms with van der Waals surface area (Å²) in [7, 11) is 0. The largest absolute Gasteiger partial charge is 0.363 e. The second-order valence-corrected chi connectivity index (χ2v) is 4.01. The highest BCUT2D eigenvalue weighted by Crippen LogP contribution is 2.17. The van der Waals surface area contributed by atoms with Crippen molar-refractivity contribution in [2.24, 2.45) is 0 Å². The molecular formula is C12H12N6S. The summed E-state index contributed by atoms with van der Waals surface area (Å²) >= 11 is 5.13. The van der Waals surface area contributed by atoms with Crippen LogP contribution in [-0.4, -0.2) is 26.4 Å². The van der Waals surface area contributed by atoms with Crippen LogP contribution in [0.25, 0.3) is 5.82 Å². The predicted octanol–water partition coefficient (Wildman–Crippen LogP) is 1.45. The molecule has 0 amide bonds. The Morgan fingerprint density at radius 3 is 3.00 bits per heavy atom. The molecular weight excluding hydrogens is 260 g/mol. The van der Waals surface area contributed by atoms with Crippen LogP contribution in [0.2, 0.25) is 0 Å². The van der Waals surface area contributed by atoms with Gasteiger partial charge in [0.1, 0.15) is 11.6 Å². The average molecular weight is 272 g/mol. The first-order valence-corrected chi connectivity index (χ1v) is 6.11. The molecule has 0 unspecified atom stereocenters. The lowest BCUT2D eigenvalue weighted by Gasteiger charge is -2.11. The van der Waals surface area contributed by atoms with Gasteiger partial charge in [0.05, 0.1) is 6.20 Å². The molecule has 0 spiro atoms. The summed E-state index contributed by atoms with van der Waals surface area (Å²) in [5.74, 6) is 1.12. The third-order valence-electron chi connectivity index (χ3n) is 2.33. The Hall–Kier alpha value is -2.46. The number of pyridine rings is 1. The Morgan fingerprint density at radius 1 is 1.53 bits per heavy atom. The van der Waals surface area contributed by atoms with E-state index >= 15 is 0 Å². The molecule has 2 rings (SSSR count). The van der Waals surface area contributed by atoms with Gasteiger partial charge in [-0.1, -0.05) is 6.07 Å². The molecule has 19 heavy (non-hydrogen) atoms. The van der Waals surface area contributed by atoms with E-state index in [4.69, 9.17) is 17.5 Å². The lowest BCUT2D eigenvalue weighted by Crippen LogP contribution is -2.29. The minimum atomic E-state index is 0.408. The molecule has 2 aromatic rings. The van der Waals surface area contributed by atoms with E-state index < -0.39 is 0 Å². The molecule has 0 aliphatic carbocycles. The van der Waals surface area contributed by atoms with Crippen LogP contribution in [-0.2, 0) is 0 Å². The number of anilines is 1. The summed E-state index contributed by atoms with van der Waals surface area (Å²) in [4.78, 5) is 4.20. The maximum Gasteiger partial charge on any atom is 0.171 e. The molecule has 0 saturated carbocycles. The van der Waals surface area contributed by atoms with Crippen molar-refractivity contribution in [1.82, 2.24) is 20.1 Å². The van der Waals surface area contributed by atoms with E-state index in [-0.39, 0.29) is 0 Å². The molecule has 2 aromatic heterocycles. The number of nitrogens with one attached hydrogen (secondary N) is 2. The highest BCUT2D eigenvalue weighted by atomic mass is 32.1. The molecule has 0 aliphatic rings. The summed E-state index contributed by atoms with van der Waals surface area (Å²) in [5.41, 5.74) is 0.408.